The van der Waals surface area contributed by atoms with Gasteiger partial charge in [0.15, 0.2) is 0 Å². The van der Waals surface area contributed by atoms with Gasteiger partial charge in [-0.2, -0.15) is 0 Å². The van der Waals surface area contributed by atoms with Gasteiger partial charge in [0.1, 0.15) is 0 Å². The Morgan fingerprint density at radius 1 is 0.594 bits per heavy atom. The molecule has 0 radical (unpaired) electrons. The molecule has 0 atom stereocenters. The van der Waals surface area contributed by atoms with Crippen molar-refractivity contribution in [2.45, 2.75) is 19.5 Å². The maximum absolute atomic E-state index is 5.99. The monoisotopic (exact) mass is 492 g/mol. The van der Waals surface area contributed by atoms with E-state index in [2.05, 4.69) is 43.3 Å². The second kappa shape index (κ2) is 12.6. The average Bonchev–Trinajstić information content (AvgIpc) is 2.82. The maximum Gasteiger partial charge on any atom is 0.0406 e. The molecule has 7 heteroatoms. The molecule has 0 aliphatic carbocycles. The van der Waals surface area contributed by atoms with E-state index in [-0.39, 0.29) is 0 Å². The molecule has 0 amide bonds. The first kappa shape index (κ1) is 24.3. The van der Waals surface area contributed by atoms with Crippen LogP contribution < -0.4 is 0 Å². The first-order valence-electron chi connectivity index (χ1n) is 11.7. The van der Waals surface area contributed by atoms with Crippen LogP contribution in [-0.4, -0.2) is 83.7 Å². The van der Waals surface area contributed by atoms with Crippen LogP contribution in [0.1, 0.15) is 17.5 Å². The van der Waals surface area contributed by atoms with Crippen LogP contribution in [0.25, 0.3) is 0 Å². The molecule has 2 saturated heterocycles. The van der Waals surface area contributed by atoms with Crippen LogP contribution in [0.15, 0.2) is 48.5 Å². The van der Waals surface area contributed by atoms with Crippen LogP contribution in [0, 0.1) is 0 Å². The minimum Gasteiger partial charge on any atom is -0.301 e. The number of benzene rings is 2. The number of nitrogens with zero attached hydrogens (tertiary/aromatic N) is 4. The zero-order valence-electron chi connectivity index (χ0n) is 18.8. The summed E-state index contributed by atoms with van der Waals surface area (Å²) in [4.78, 5) is 7.73. The van der Waals surface area contributed by atoms with Gasteiger partial charge in [-0.25, -0.2) is 4.31 Å². The van der Waals surface area contributed by atoms with Crippen LogP contribution in [0.2, 0.25) is 10.0 Å². The zero-order chi connectivity index (χ0) is 22.2. The third-order valence-corrected chi connectivity index (χ3v) is 8.03. The quantitative estimate of drug-likeness (QED) is 0.361. The van der Waals surface area contributed by atoms with Crippen molar-refractivity contribution in [2.24, 2.45) is 0 Å². The molecule has 0 spiro atoms. The van der Waals surface area contributed by atoms with Crippen molar-refractivity contribution in [2.75, 3.05) is 64.7 Å². The molecule has 174 valence electrons. The van der Waals surface area contributed by atoms with E-state index in [4.69, 9.17) is 23.2 Å². The van der Waals surface area contributed by atoms with Crippen molar-refractivity contribution in [1.82, 2.24) is 19.0 Å². The zero-order valence-corrected chi connectivity index (χ0v) is 21.1. The van der Waals surface area contributed by atoms with Crippen LogP contribution in [-0.2, 0) is 13.1 Å². The lowest BCUT2D eigenvalue weighted by Gasteiger charge is -2.35. The lowest BCUT2D eigenvalue weighted by molar-refractivity contribution is 0.127. The van der Waals surface area contributed by atoms with Crippen LogP contribution >= 0.6 is 35.1 Å². The van der Waals surface area contributed by atoms with Gasteiger partial charge in [-0.05, 0) is 48.4 Å². The normalized spacial score (nSPS) is 19.4. The molecule has 4 rings (SSSR count). The van der Waals surface area contributed by atoms with Gasteiger partial charge in [-0.1, -0.05) is 59.4 Å². The fourth-order valence-corrected chi connectivity index (χ4v) is 5.56. The summed E-state index contributed by atoms with van der Waals surface area (Å²) in [5.41, 5.74) is 2.70. The lowest BCUT2D eigenvalue weighted by atomic mass is 10.2. The Morgan fingerprint density at radius 3 is 1.53 bits per heavy atom. The van der Waals surface area contributed by atoms with Crippen molar-refractivity contribution in [1.29, 1.82) is 0 Å². The van der Waals surface area contributed by atoms with Crippen molar-refractivity contribution < 1.29 is 0 Å². The van der Waals surface area contributed by atoms with Gasteiger partial charge in [0, 0.05) is 81.2 Å². The number of piperazine rings is 2. The van der Waals surface area contributed by atoms with E-state index < -0.39 is 0 Å². The molecule has 2 fully saturated rings. The minimum absolute atomic E-state index is 0.815. The van der Waals surface area contributed by atoms with E-state index in [0.29, 0.717) is 0 Å². The Kier molecular flexibility index (Phi) is 9.59. The highest BCUT2D eigenvalue weighted by Crippen LogP contribution is 2.18. The summed E-state index contributed by atoms with van der Waals surface area (Å²) >= 11 is 14.0. The fraction of sp³-hybridized carbons (Fsp3) is 0.520. The highest BCUT2D eigenvalue weighted by molar-refractivity contribution is 7.97. The van der Waals surface area contributed by atoms with E-state index >= 15 is 0 Å². The molecule has 0 unspecified atom stereocenters. The summed E-state index contributed by atoms with van der Waals surface area (Å²) in [7, 11) is 0. The third-order valence-electron chi connectivity index (χ3n) is 6.33. The second-order valence-corrected chi connectivity index (χ2v) is 10.8. The topological polar surface area (TPSA) is 13.0 Å². The van der Waals surface area contributed by atoms with E-state index in [1.807, 2.05) is 36.2 Å². The molecule has 2 heterocycles. The van der Waals surface area contributed by atoms with Gasteiger partial charge in [0.2, 0.25) is 0 Å². The predicted octanol–water partition coefficient (Wildman–Crippen LogP) is 4.97. The lowest BCUT2D eigenvalue weighted by Crippen LogP contribution is -2.46. The van der Waals surface area contributed by atoms with Crippen molar-refractivity contribution in [3.8, 4) is 0 Å². The Bertz CT molecular complexity index is 732. The minimum atomic E-state index is 0.815. The Balaban J connectivity index is 1.05. The van der Waals surface area contributed by atoms with Crippen LogP contribution in [0.3, 0.4) is 0 Å². The molecular weight excluding hydrogens is 459 g/mol. The van der Waals surface area contributed by atoms with Gasteiger partial charge in [-0.3, -0.25) is 9.80 Å². The summed E-state index contributed by atoms with van der Waals surface area (Å²) in [6.45, 7) is 12.6. The number of hydrogen-bond donors (Lipinski definition) is 0. The van der Waals surface area contributed by atoms with Gasteiger partial charge in [0.05, 0.1) is 0 Å². The summed E-state index contributed by atoms with van der Waals surface area (Å²) in [6, 6.07) is 16.5. The Labute approximate surface area is 207 Å². The third kappa shape index (κ3) is 7.91. The SMILES string of the molecule is Clc1ccc(CN2CCN(CCCSN3CCN(Cc4ccc(Cl)cc4)CC3)CC2)cc1. The summed E-state index contributed by atoms with van der Waals surface area (Å²) in [5.74, 6) is 1.22. The molecule has 0 saturated carbocycles. The van der Waals surface area contributed by atoms with Gasteiger partial charge < -0.3 is 4.90 Å². The van der Waals surface area contributed by atoms with Gasteiger partial charge in [-0.15, -0.1) is 0 Å². The predicted molar refractivity (Wildman–Crippen MR) is 139 cm³/mol. The molecule has 0 aromatic heterocycles. The molecule has 4 nitrogen and oxygen atoms in total. The molecule has 0 N–H and O–H groups in total. The number of hydrogen-bond acceptors (Lipinski definition) is 5. The summed E-state index contributed by atoms with van der Waals surface area (Å²) in [6.07, 6.45) is 1.27. The van der Waals surface area contributed by atoms with Crippen LogP contribution in [0.5, 0.6) is 0 Å². The molecule has 2 aromatic carbocycles. The smallest absolute Gasteiger partial charge is 0.0406 e. The highest BCUT2D eigenvalue weighted by Gasteiger charge is 2.19. The largest absolute Gasteiger partial charge is 0.301 e. The van der Waals surface area contributed by atoms with E-state index in [0.717, 1.165) is 62.4 Å². The first-order chi connectivity index (χ1) is 15.6. The second-order valence-electron chi connectivity index (χ2n) is 8.76. The van der Waals surface area contributed by atoms with E-state index in [9.17, 15) is 0 Å². The molecule has 2 aliphatic heterocycles. The number of rotatable bonds is 9. The summed E-state index contributed by atoms with van der Waals surface area (Å²) < 4.78 is 2.56. The average molecular weight is 494 g/mol. The Hall–Kier alpha value is -0.790. The summed E-state index contributed by atoms with van der Waals surface area (Å²) in [5, 5.41) is 1.63. The van der Waals surface area contributed by atoms with E-state index in [1.54, 1.807) is 0 Å². The molecule has 0 bridgehead atoms. The van der Waals surface area contributed by atoms with Crippen molar-refractivity contribution in [3.63, 3.8) is 0 Å². The first-order valence-corrected chi connectivity index (χ1v) is 13.4. The highest BCUT2D eigenvalue weighted by atomic mass is 35.5. The van der Waals surface area contributed by atoms with Crippen molar-refractivity contribution in [3.05, 3.63) is 69.7 Å². The van der Waals surface area contributed by atoms with Crippen LogP contribution in [0.4, 0.5) is 0 Å². The van der Waals surface area contributed by atoms with Gasteiger partial charge in [0.25, 0.3) is 0 Å². The molecule has 2 aliphatic rings. The number of halogens is 2. The maximum atomic E-state index is 5.99. The standard InChI is InChI=1S/C25H34Cl2N4S/c26-24-6-2-22(3-7-24)20-29-13-11-28(12-14-29)10-1-19-32-31-17-15-30(16-18-31)21-23-4-8-25(27)9-5-23/h2-9H,1,10-21H2. The Morgan fingerprint density at radius 2 is 1.03 bits per heavy atom. The molecular formula is C25H34Cl2N4S. The van der Waals surface area contributed by atoms with E-state index in [1.165, 1.54) is 42.9 Å². The fourth-order valence-electron chi connectivity index (χ4n) is 4.37. The van der Waals surface area contributed by atoms with Crippen molar-refractivity contribution >= 4 is 35.1 Å². The molecule has 32 heavy (non-hydrogen) atoms. The van der Waals surface area contributed by atoms with Gasteiger partial charge >= 0.3 is 0 Å². The molecule has 2 aromatic rings.